The number of nitrogens with zero attached hydrogens (tertiary/aromatic N) is 4. The molecule has 2 aromatic carbocycles. The van der Waals surface area contributed by atoms with Crippen LogP contribution in [0, 0.1) is 6.92 Å². The second kappa shape index (κ2) is 9.47. The minimum Gasteiger partial charge on any atom is -0.346 e. The fraction of sp³-hybridized carbons (Fsp3) is 0.167. The van der Waals surface area contributed by atoms with E-state index in [9.17, 15) is 9.59 Å². The van der Waals surface area contributed by atoms with E-state index in [0.29, 0.717) is 10.8 Å². The van der Waals surface area contributed by atoms with Crippen LogP contribution in [0.3, 0.4) is 0 Å². The maximum atomic E-state index is 12.1. The molecule has 144 valence electrons. The summed E-state index contributed by atoms with van der Waals surface area (Å²) in [6.45, 7) is 1.87. The Kier molecular flexibility index (Phi) is 6.77. The van der Waals surface area contributed by atoms with Gasteiger partial charge in [0.2, 0.25) is 17.0 Å². The zero-order chi connectivity index (χ0) is 19.9. The van der Waals surface area contributed by atoms with Crippen LogP contribution in [-0.2, 0) is 9.59 Å². The molecule has 3 rings (SSSR count). The first-order valence-corrected chi connectivity index (χ1v) is 10.1. The van der Waals surface area contributed by atoms with Crippen LogP contribution in [0.5, 0.6) is 0 Å². The van der Waals surface area contributed by atoms with Crippen molar-refractivity contribution in [2.24, 2.45) is 0 Å². The zero-order valence-electron chi connectivity index (χ0n) is 14.9. The molecule has 1 heterocycles. The molecule has 1 aromatic heterocycles. The second-order valence-corrected chi connectivity index (χ2v) is 7.60. The monoisotopic (exact) mass is 460 g/mol. The molecule has 0 unspecified atom stereocenters. The lowest BCUT2D eigenvalue weighted by Gasteiger charge is -2.08. The predicted molar refractivity (Wildman–Crippen MR) is 110 cm³/mol. The number of hydrogen-bond donors (Lipinski definition) is 2. The van der Waals surface area contributed by atoms with Crippen LogP contribution in [0.2, 0.25) is 0 Å². The van der Waals surface area contributed by atoms with E-state index < -0.39 is 0 Å². The van der Waals surface area contributed by atoms with Gasteiger partial charge in [-0.1, -0.05) is 41.6 Å². The molecule has 8 nitrogen and oxygen atoms in total. The third kappa shape index (κ3) is 5.40. The number of carbonyl (C=O) groups excluding carboxylic acids is 2. The van der Waals surface area contributed by atoms with Crippen molar-refractivity contribution in [3.8, 4) is 5.69 Å². The number of aryl methyl sites for hydroxylation is 1. The molecule has 0 saturated heterocycles. The van der Waals surface area contributed by atoms with E-state index in [4.69, 9.17) is 0 Å². The Hall–Kier alpha value is -2.72. The van der Waals surface area contributed by atoms with Crippen LogP contribution >= 0.6 is 27.7 Å². The molecule has 2 amide bonds. The Morgan fingerprint density at radius 1 is 1.11 bits per heavy atom. The van der Waals surface area contributed by atoms with Crippen molar-refractivity contribution >= 4 is 45.2 Å². The number of benzene rings is 2. The van der Waals surface area contributed by atoms with E-state index in [1.54, 1.807) is 10.7 Å². The average Bonchev–Trinajstić information content (AvgIpc) is 3.16. The topological polar surface area (TPSA) is 102 Å². The summed E-state index contributed by atoms with van der Waals surface area (Å²) < 4.78 is 2.34. The molecule has 0 spiro atoms. The second-order valence-electron chi connectivity index (χ2n) is 5.80. The van der Waals surface area contributed by atoms with Crippen LogP contribution in [0.4, 0.5) is 5.69 Å². The van der Waals surface area contributed by atoms with E-state index in [2.05, 4.69) is 42.1 Å². The van der Waals surface area contributed by atoms with Gasteiger partial charge in [-0.15, -0.1) is 5.10 Å². The third-order valence-corrected chi connectivity index (χ3v) is 5.26. The van der Waals surface area contributed by atoms with Gasteiger partial charge in [-0.25, -0.2) is 0 Å². The Balaban J connectivity index is 1.49. The highest BCUT2D eigenvalue weighted by atomic mass is 79.9. The molecule has 3 aromatic rings. The molecule has 0 radical (unpaired) electrons. The van der Waals surface area contributed by atoms with Crippen molar-refractivity contribution in [3.63, 3.8) is 0 Å². The fourth-order valence-electron chi connectivity index (χ4n) is 2.23. The van der Waals surface area contributed by atoms with Gasteiger partial charge in [0.15, 0.2) is 0 Å². The molecular weight excluding hydrogens is 444 g/mol. The van der Waals surface area contributed by atoms with Crippen molar-refractivity contribution in [1.82, 2.24) is 25.5 Å². The van der Waals surface area contributed by atoms with Crippen LogP contribution < -0.4 is 10.6 Å². The van der Waals surface area contributed by atoms with Gasteiger partial charge in [-0.05, 0) is 57.5 Å². The fourth-order valence-corrected chi connectivity index (χ4v) is 3.34. The Morgan fingerprint density at radius 3 is 2.61 bits per heavy atom. The number of tetrazole rings is 1. The molecule has 0 aliphatic carbocycles. The first kappa shape index (κ1) is 20.0. The molecule has 2 N–H and O–H groups in total. The van der Waals surface area contributed by atoms with E-state index in [1.807, 2.05) is 49.4 Å². The van der Waals surface area contributed by atoms with Gasteiger partial charge < -0.3 is 10.6 Å². The minimum atomic E-state index is -0.310. The highest BCUT2D eigenvalue weighted by Gasteiger charge is 2.12. The van der Waals surface area contributed by atoms with Gasteiger partial charge in [-0.2, -0.15) is 4.68 Å². The number of nitrogens with one attached hydrogen (secondary N) is 2. The lowest BCUT2D eigenvalue weighted by Crippen LogP contribution is -2.34. The smallest absolute Gasteiger partial charge is 0.243 e. The SMILES string of the molecule is Cc1ccc(-n2nnnc2SCC(=O)NCC(=O)Nc2ccccc2Br)cc1. The largest absolute Gasteiger partial charge is 0.346 e. The number of hydrogen-bond acceptors (Lipinski definition) is 6. The number of aromatic nitrogens is 4. The van der Waals surface area contributed by atoms with Crippen molar-refractivity contribution in [2.75, 3.05) is 17.6 Å². The molecule has 0 aliphatic rings. The quantitative estimate of drug-likeness (QED) is 0.525. The Morgan fingerprint density at radius 2 is 1.86 bits per heavy atom. The number of para-hydroxylation sites is 1. The van der Waals surface area contributed by atoms with Crippen LogP contribution in [-0.4, -0.2) is 44.3 Å². The summed E-state index contributed by atoms with van der Waals surface area (Å²) in [5.74, 6) is -0.505. The predicted octanol–water partition coefficient (Wildman–Crippen LogP) is 2.58. The summed E-state index contributed by atoms with van der Waals surface area (Å²) in [5, 5.41) is 17.4. The summed E-state index contributed by atoms with van der Waals surface area (Å²) in [6, 6.07) is 15.0. The van der Waals surface area contributed by atoms with Crippen molar-refractivity contribution in [1.29, 1.82) is 0 Å². The van der Waals surface area contributed by atoms with E-state index in [1.165, 1.54) is 11.8 Å². The number of carbonyl (C=O) groups is 2. The maximum absolute atomic E-state index is 12.1. The van der Waals surface area contributed by atoms with Gasteiger partial charge in [0.05, 0.1) is 23.7 Å². The van der Waals surface area contributed by atoms with Crippen molar-refractivity contribution < 1.29 is 9.59 Å². The maximum Gasteiger partial charge on any atom is 0.243 e. The molecule has 0 bridgehead atoms. The number of amides is 2. The summed E-state index contributed by atoms with van der Waals surface area (Å²) >= 11 is 4.55. The molecule has 28 heavy (non-hydrogen) atoms. The van der Waals surface area contributed by atoms with Gasteiger partial charge in [-0.3, -0.25) is 9.59 Å². The molecule has 10 heteroatoms. The van der Waals surface area contributed by atoms with Gasteiger partial charge >= 0.3 is 0 Å². The first-order valence-electron chi connectivity index (χ1n) is 8.32. The molecule has 0 saturated carbocycles. The lowest BCUT2D eigenvalue weighted by molar-refractivity contribution is -0.122. The standard InChI is InChI=1S/C18H17BrN6O2S/c1-12-6-8-13(9-7-12)25-18(22-23-24-25)28-11-17(27)20-10-16(26)21-15-5-3-2-4-14(15)19/h2-9H,10-11H2,1H3,(H,20,27)(H,21,26). The summed E-state index contributed by atoms with van der Waals surface area (Å²) in [4.78, 5) is 24.0. The number of rotatable bonds is 7. The van der Waals surface area contributed by atoms with Gasteiger partial charge in [0.25, 0.3) is 0 Å². The van der Waals surface area contributed by atoms with Crippen LogP contribution in [0.1, 0.15) is 5.56 Å². The normalized spacial score (nSPS) is 10.5. The van der Waals surface area contributed by atoms with Crippen molar-refractivity contribution in [3.05, 3.63) is 58.6 Å². The molecular formula is C18H17BrN6O2S. The number of anilines is 1. The van der Waals surface area contributed by atoms with Crippen molar-refractivity contribution in [2.45, 2.75) is 12.1 Å². The highest BCUT2D eigenvalue weighted by molar-refractivity contribution is 9.10. The zero-order valence-corrected chi connectivity index (χ0v) is 17.3. The van der Waals surface area contributed by atoms with Crippen LogP contribution in [0.15, 0.2) is 58.2 Å². The Labute approximate surface area is 174 Å². The van der Waals surface area contributed by atoms with Crippen LogP contribution in [0.25, 0.3) is 5.69 Å². The van der Waals surface area contributed by atoms with E-state index in [0.717, 1.165) is 15.7 Å². The van der Waals surface area contributed by atoms with E-state index in [-0.39, 0.29) is 24.1 Å². The summed E-state index contributed by atoms with van der Waals surface area (Å²) in [5.41, 5.74) is 2.59. The van der Waals surface area contributed by atoms with E-state index >= 15 is 0 Å². The molecule has 0 fully saturated rings. The third-order valence-electron chi connectivity index (χ3n) is 3.65. The minimum absolute atomic E-state index is 0.0918. The molecule has 0 aliphatic heterocycles. The lowest BCUT2D eigenvalue weighted by atomic mass is 10.2. The van der Waals surface area contributed by atoms with Gasteiger partial charge in [0.1, 0.15) is 0 Å². The number of thioether (sulfide) groups is 1. The average molecular weight is 461 g/mol. The summed E-state index contributed by atoms with van der Waals surface area (Å²) in [7, 11) is 0. The number of halogens is 1. The summed E-state index contributed by atoms with van der Waals surface area (Å²) in [6.07, 6.45) is 0. The highest BCUT2D eigenvalue weighted by Crippen LogP contribution is 2.21. The first-order chi connectivity index (χ1) is 13.5. The molecule has 0 atom stereocenters. The van der Waals surface area contributed by atoms with Gasteiger partial charge in [0, 0.05) is 4.47 Å². The Bertz CT molecular complexity index is 976.